The zero-order valence-corrected chi connectivity index (χ0v) is 14.2. The number of likely N-dealkylation sites (tertiary alicyclic amines) is 1. The molecule has 1 aliphatic heterocycles. The van der Waals surface area contributed by atoms with E-state index in [0.29, 0.717) is 24.3 Å². The topological polar surface area (TPSA) is 63.9 Å². The number of aromatic nitrogens is 4. The number of hydrogen-bond donors (Lipinski definition) is 0. The zero-order valence-electron chi connectivity index (χ0n) is 14.2. The number of aryl methyl sites for hydroxylation is 1. The molecule has 1 saturated heterocycles. The Bertz CT molecular complexity index is 967. The molecule has 26 heavy (non-hydrogen) atoms. The largest absolute Gasteiger partial charge is 0.338 e. The number of carbonyl (C=O) groups excluding carboxylic acids is 1. The predicted octanol–water partition coefficient (Wildman–Crippen LogP) is 2.66. The van der Waals surface area contributed by atoms with Crippen molar-refractivity contribution in [3.8, 4) is 0 Å². The summed E-state index contributed by atoms with van der Waals surface area (Å²) in [6.07, 6.45) is 4.76. The van der Waals surface area contributed by atoms with Gasteiger partial charge in [-0.2, -0.15) is 5.10 Å². The van der Waals surface area contributed by atoms with Crippen LogP contribution in [0.25, 0.3) is 11.2 Å². The number of benzene rings is 1. The van der Waals surface area contributed by atoms with Crippen LogP contribution in [-0.4, -0.2) is 43.6 Å². The number of piperidine rings is 1. The molecular weight excluding hydrogens is 340 g/mol. The lowest BCUT2D eigenvalue weighted by molar-refractivity contribution is 0.0696. The van der Waals surface area contributed by atoms with Gasteiger partial charge in [-0.1, -0.05) is 6.07 Å². The van der Waals surface area contributed by atoms with Crippen LogP contribution in [0.4, 0.5) is 8.78 Å². The fraction of sp³-hybridized carbons (Fsp3) is 0.333. The smallest absolute Gasteiger partial charge is 0.259 e. The second-order valence-corrected chi connectivity index (χ2v) is 6.42. The summed E-state index contributed by atoms with van der Waals surface area (Å²) in [5, 5.41) is 4.52. The van der Waals surface area contributed by atoms with E-state index >= 15 is 0 Å². The molecule has 0 unspecified atom stereocenters. The molecule has 0 radical (unpaired) electrons. The van der Waals surface area contributed by atoms with Crippen molar-refractivity contribution >= 4 is 17.1 Å². The molecule has 0 saturated carbocycles. The van der Waals surface area contributed by atoms with E-state index in [1.807, 2.05) is 0 Å². The van der Waals surface area contributed by atoms with Gasteiger partial charge in [0.15, 0.2) is 5.65 Å². The maximum absolute atomic E-state index is 14.0. The average Bonchev–Trinajstić information content (AvgIpc) is 2.99. The number of amides is 1. The van der Waals surface area contributed by atoms with Crippen molar-refractivity contribution in [3.63, 3.8) is 0 Å². The molecule has 1 amide bonds. The number of carbonyl (C=O) groups is 1. The van der Waals surface area contributed by atoms with Crippen LogP contribution in [0.1, 0.15) is 34.8 Å². The highest BCUT2D eigenvalue weighted by Crippen LogP contribution is 2.30. The van der Waals surface area contributed by atoms with Crippen molar-refractivity contribution in [3.05, 3.63) is 53.5 Å². The minimum Gasteiger partial charge on any atom is -0.338 e. The molecule has 0 bridgehead atoms. The van der Waals surface area contributed by atoms with Crippen molar-refractivity contribution in [2.45, 2.75) is 18.8 Å². The molecule has 6 nitrogen and oxygen atoms in total. The molecule has 1 aliphatic rings. The van der Waals surface area contributed by atoms with E-state index in [9.17, 15) is 13.6 Å². The number of halogens is 2. The fourth-order valence-corrected chi connectivity index (χ4v) is 3.52. The Morgan fingerprint density at radius 1 is 1.19 bits per heavy atom. The molecule has 0 spiro atoms. The van der Waals surface area contributed by atoms with E-state index in [1.54, 1.807) is 24.1 Å². The maximum Gasteiger partial charge on any atom is 0.259 e. The minimum absolute atomic E-state index is 0.0528. The van der Waals surface area contributed by atoms with Gasteiger partial charge < -0.3 is 4.90 Å². The van der Waals surface area contributed by atoms with Gasteiger partial charge >= 0.3 is 0 Å². The van der Waals surface area contributed by atoms with Gasteiger partial charge in [-0.05, 0) is 25.0 Å². The average molecular weight is 357 g/mol. The Labute approximate surface area is 148 Å². The lowest BCUT2D eigenvalue weighted by Gasteiger charge is -2.32. The third kappa shape index (κ3) is 2.71. The summed E-state index contributed by atoms with van der Waals surface area (Å²) in [6, 6.07) is 3.44. The van der Waals surface area contributed by atoms with Crippen LogP contribution < -0.4 is 0 Å². The number of hydrogen-bond acceptors (Lipinski definition) is 4. The Morgan fingerprint density at radius 3 is 2.69 bits per heavy atom. The first-order valence-corrected chi connectivity index (χ1v) is 8.43. The maximum atomic E-state index is 14.0. The Hall–Kier alpha value is -2.90. The Balaban J connectivity index is 1.64. The van der Waals surface area contributed by atoms with E-state index in [2.05, 4.69) is 15.1 Å². The highest BCUT2D eigenvalue weighted by molar-refractivity contribution is 5.95. The summed E-state index contributed by atoms with van der Waals surface area (Å²) in [4.78, 5) is 22.8. The first kappa shape index (κ1) is 16.6. The molecule has 0 N–H and O–H groups in total. The van der Waals surface area contributed by atoms with Gasteiger partial charge in [0.25, 0.3) is 5.91 Å². The van der Waals surface area contributed by atoms with Gasteiger partial charge in [-0.25, -0.2) is 23.4 Å². The van der Waals surface area contributed by atoms with Gasteiger partial charge in [0.2, 0.25) is 0 Å². The monoisotopic (exact) mass is 357 g/mol. The van der Waals surface area contributed by atoms with Crippen LogP contribution in [0.2, 0.25) is 0 Å². The van der Waals surface area contributed by atoms with E-state index in [0.717, 1.165) is 30.7 Å². The molecule has 1 aromatic carbocycles. The van der Waals surface area contributed by atoms with Crippen LogP contribution >= 0.6 is 0 Å². The summed E-state index contributed by atoms with van der Waals surface area (Å²) in [7, 11) is 1.79. The van der Waals surface area contributed by atoms with E-state index < -0.39 is 23.1 Å². The summed E-state index contributed by atoms with van der Waals surface area (Å²) < 4.78 is 29.6. The normalized spacial score (nSPS) is 17.7. The second kappa shape index (κ2) is 6.44. The third-order valence-electron chi connectivity index (χ3n) is 4.76. The molecule has 1 atom stereocenters. The van der Waals surface area contributed by atoms with Crippen LogP contribution in [0, 0.1) is 11.6 Å². The van der Waals surface area contributed by atoms with Gasteiger partial charge in [0.05, 0.1) is 5.69 Å². The summed E-state index contributed by atoms with van der Waals surface area (Å²) >= 11 is 0. The number of fused-ring (bicyclic) bond motifs is 1. The lowest BCUT2D eigenvalue weighted by Crippen LogP contribution is -2.40. The highest BCUT2D eigenvalue weighted by Gasteiger charge is 2.31. The summed E-state index contributed by atoms with van der Waals surface area (Å²) in [5.74, 6) is -2.36. The first-order valence-electron chi connectivity index (χ1n) is 8.43. The number of rotatable bonds is 2. The van der Waals surface area contributed by atoms with E-state index in [-0.39, 0.29) is 5.92 Å². The molecule has 2 aromatic heterocycles. The number of nitrogens with zero attached hydrogens (tertiary/aromatic N) is 5. The van der Waals surface area contributed by atoms with Gasteiger partial charge in [0, 0.05) is 38.4 Å². The molecule has 8 heteroatoms. The lowest BCUT2D eigenvalue weighted by atomic mass is 9.93. The third-order valence-corrected chi connectivity index (χ3v) is 4.76. The predicted molar refractivity (Wildman–Crippen MR) is 90.5 cm³/mol. The molecule has 3 heterocycles. The fourth-order valence-electron chi connectivity index (χ4n) is 3.52. The highest BCUT2D eigenvalue weighted by atomic mass is 19.1. The molecule has 1 fully saturated rings. The van der Waals surface area contributed by atoms with E-state index in [1.165, 1.54) is 11.0 Å². The van der Waals surface area contributed by atoms with Crippen molar-refractivity contribution in [2.24, 2.45) is 7.05 Å². The van der Waals surface area contributed by atoms with Crippen molar-refractivity contribution in [1.82, 2.24) is 24.6 Å². The molecular formula is C18H17F2N5O. The molecule has 0 aliphatic carbocycles. The molecule has 4 rings (SSSR count). The Morgan fingerprint density at radius 2 is 1.92 bits per heavy atom. The van der Waals surface area contributed by atoms with Crippen LogP contribution in [-0.2, 0) is 7.05 Å². The second-order valence-electron chi connectivity index (χ2n) is 6.42. The van der Waals surface area contributed by atoms with Crippen LogP contribution in [0.5, 0.6) is 0 Å². The quantitative estimate of drug-likeness (QED) is 0.707. The molecule has 3 aromatic rings. The van der Waals surface area contributed by atoms with Crippen molar-refractivity contribution in [2.75, 3.05) is 13.1 Å². The van der Waals surface area contributed by atoms with Gasteiger partial charge in [-0.3, -0.25) is 4.79 Å². The van der Waals surface area contributed by atoms with Crippen molar-refractivity contribution in [1.29, 1.82) is 0 Å². The van der Waals surface area contributed by atoms with Crippen molar-refractivity contribution < 1.29 is 13.6 Å². The molecule has 134 valence electrons. The SMILES string of the molecule is Cn1nc([C@@H]2CCCN(C(=O)c3c(F)cccc3F)C2)c2nccnc21. The standard InChI is InChI=1S/C18H17F2N5O/c1-24-17-16(21-7-8-22-17)15(23-24)11-4-3-9-25(10-11)18(26)14-12(19)5-2-6-13(14)20/h2,5-8,11H,3-4,9-10H2,1H3/t11-/m1/s1. The van der Waals surface area contributed by atoms with Gasteiger partial charge in [-0.15, -0.1) is 0 Å². The van der Waals surface area contributed by atoms with E-state index in [4.69, 9.17) is 0 Å². The summed E-state index contributed by atoms with van der Waals surface area (Å²) in [5.41, 5.74) is 1.64. The van der Waals surface area contributed by atoms with Crippen LogP contribution in [0.15, 0.2) is 30.6 Å². The zero-order chi connectivity index (χ0) is 18.3. The minimum atomic E-state index is -0.841. The van der Waals surface area contributed by atoms with Gasteiger partial charge in [0.1, 0.15) is 22.7 Å². The Kier molecular flexibility index (Phi) is 4.10. The van der Waals surface area contributed by atoms with Crippen LogP contribution in [0.3, 0.4) is 0 Å². The first-order chi connectivity index (χ1) is 12.6. The summed E-state index contributed by atoms with van der Waals surface area (Å²) in [6.45, 7) is 0.800.